The third-order valence-corrected chi connectivity index (χ3v) is 2.40. The van der Waals surface area contributed by atoms with Crippen molar-refractivity contribution in [1.82, 2.24) is 10.6 Å². The highest BCUT2D eigenvalue weighted by Gasteiger charge is 2.07. The fraction of sp³-hybridized carbons (Fsp3) is 0.667. The van der Waals surface area contributed by atoms with Crippen molar-refractivity contribution in [3.8, 4) is 0 Å². The molecule has 0 radical (unpaired) electrons. The van der Waals surface area contributed by atoms with Crippen molar-refractivity contribution >= 4 is 23.5 Å². The van der Waals surface area contributed by atoms with E-state index in [0.717, 1.165) is 0 Å². The molecule has 8 heteroatoms. The van der Waals surface area contributed by atoms with E-state index in [2.05, 4.69) is 10.6 Å². The van der Waals surface area contributed by atoms with E-state index in [0.29, 0.717) is 0 Å². The number of hydrogen-bond donors (Lipinski definition) is 4. The van der Waals surface area contributed by atoms with E-state index < -0.39 is 11.9 Å². The van der Waals surface area contributed by atoms with Gasteiger partial charge in [0, 0.05) is 38.8 Å². The lowest BCUT2D eigenvalue weighted by atomic mass is 10.1. The summed E-state index contributed by atoms with van der Waals surface area (Å²) in [7, 11) is 0. The van der Waals surface area contributed by atoms with E-state index >= 15 is 0 Å². The standard InChI is InChI=1S/C12H20N2O6/c15-9(3-5-13-7-11(17)18)1-2-10(16)4-6-14-8-12(19)20/h13-14H,1-8H2,(H,17,18)(H,19,20). The van der Waals surface area contributed by atoms with Gasteiger partial charge in [0.05, 0.1) is 13.1 Å². The molecule has 0 heterocycles. The van der Waals surface area contributed by atoms with Crippen molar-refractivity contribution in [2.75, 3.05) is 26.2 Å². The van der Waals surface area contributed by atoms with Crippen LogP contribution < -0.4 is 10.6 Å². The highest BCUT2D eigenvalue weighted by atomic mass is 16.4. The highest BCUT2D eigenvalue weighted by Crippen LogP contribution is 1.98. The molecule has 0 aromatic rings. The zero-order chi connectivity index (χ0) is 15.4. The Kier molecular flexibility index (Phi) is 10.1. The molecule has 0 aliphatic heterocycles. The molecular formula is C12H20N2O6. The number of carboxylic acids is 2. The number of nitrogens with one attached hydrogen (secondary N) is 2. The number of rotatable bonds is 13. The number of Topliss-reactive ketones (excluding diaryl/α,β-unsaturated/α-hetero) is 2. The Balaban J connectivity index is 3.50. The van der Waals surface area contributed by atoms with Gasteiger partial charge in [0.1, 0.15) is 11.6 Å². The molecule has 0 unspecified atom stereocenters. The number of ketones is 2. The Morgan fingerprint density at radius 2 is 1.00 bits per heavy atom. The fourth-order valence-corrected chi connectivity index (χ4v) is 1.38. The fourth-order valence-electron chi connectivity index (χ4n) is 1.38. The second-order valence-corrected chi connectivity index (χ2v) is 4.22. The van der Waals surface area contributed by atoms with Crippen molar-refractivity contribution < 1.29 is 29.4 Å². The van der Waals surface area contributed by atoms with Crippen LogP contribution in [0.1, 0.15) is 25.7 Å². The van der Waals surface area contributed by atoms with Crippen LogP contribution in [-0.4, -0.2) is 59.9 Å². The summed E-state index contributed by atoms with van der Waals surface area (Å²) in [4.78, 5) is 43.1. The Hall–Kier alpha value is -1.80. The average molecular weight is 288 g/mol. The molecule has 20 heavy (non-hydrogen) atoms. The molecule has 8 nitrogen and oxygen atoms in total. The minimum atomic E-state index is -0.985. The third kappa shape index (κ3) is 12.7. The molecule has 0 spiro atoms. The molecule has 114 valence electrons. The minimum Gasteiger partial charge on any atom is -0.480 e. The summed E-state index contributed by atoms with van der Waals surface area (Å²) >= 11 is 0. The monoisotopic (exact) mass is 288 g/mol. The first-order valence-corrected chi connectivity index (χ1v) is 6.30. The molecule has 0 bridgehead atoms. The van der Waals surface area contributed by atoms with Crippen LogP contribution >= 0.6 is 0 Å². The smallest absolute Gasteiger partial charge is 0.317 e. The molecule has 0 saturated heterocycles. The van der Waals surface area contributed by atoms with E-state index in [9.17, 15) is 19.2 Å². The van der Waals surface area contributed by atoms with Gasteiger partial charge in [-0.2, -0.15) is 0 Å². The van der Waals surface area contributed by atoms with Crippen molar-refractivity contribution in [3.05, 3.63) is 0 Å². The summed E-state index contributed by atoms with van der Waals surface area (Å²) in [5.74, 6) is -2.17. The topological polar surface area (TPSA) is 133 Å². The molecule has 0 amide bonds. The van der Waals surface area contributed by atoms with E-state index in [1.807, 2.05) is 0 Å². The van der Waals surface area contributed by atoms with E-state index in [1.54, 1.807) is 0 Å². The van der Waals surface area contributed by atoms with Gasteiger partial charge in [-0.05, 0) is 0 Å². The van der Waals surface area contributed by atoms with E-state index in [-0.39, 0.29) is 63.4 Å². The lowest BCUT2D eigenvalue weighted by molar-refractivity contribution is -0.137. The van der Waals surface area contributed by atoms with Gasteiger partial charge in [-0.15, -0.1) is 0 Å². The molecule has 0 aromatic carbocycles. The van der Waals surface area contributed by atoms with Crippen LogP contribution in [0.5, 0.6) is 0 Å². The quantitative estimate of drug-likeness (QED) is 0.318. The zero-order valence-electron chi connectivity index (χ0n) is 11.2. The molecule has 0 fully saturated rings. The minimum absolute atomic E-state index is 0.102. The third-order valence-electron chi connectivity index (χ3n) is 2.40. The molecule has 0 aliphatic carbocycles. The summed E-state index contributed by atoms with van der Waals surface area (Å²) in [6.07, 6.45) is 0.647. The number of carboxylic acid groups (broad SMARTS) is 2. The number of carbonyl (C=O) groups is 4. The summed E-state index contributed by atoms with van der Waals surface area (Å²) in [5.41, 5.74) is 0. The second-order valence-electron chi connectivity index (χ2n) is 4.22. The van der Waals surface area contributed by atoms with Crippen LogP contribution in [0.15, 0.2) is 0 Å². The summed E-state index contributed by atoms with van der Waals surface area (Å²) < 4.78 is 0. The van der Waals surface area contributed by atoms with Gasteiger partial charge in [-0.25, -0.2) is 0 Å². The molecular weight excluding hydrogens is 268 g/mol. The van der Waals surface area contributed by atoms with Crippen LogP contribution in [0, 0.1) is 0 Å². The van der Waals surface area contributed by atoms with Crippen LogP contribution in [0.3, 0.4) is 0 Å². The first kappa shape index (κ1) is 18.2. The second kappa shape index (κ2) is 11.1. The Morgan fingerprint density at radius 3 is 1.30 bits per heavy atom. The highest BCUT2D eigenvalue weighted by molar-refractivity contribution is 5.86. The van der Waals surface area contributed by atoms with Crippen molar-refractivity contribution in [3.63, 3.8) is 0 Å². The predicted octanol–water partition coefficient (Wildman–Crippen LogP) is -0.967. The first-order valence-electron chi connectivity index (χ1n) is 6.30. The number of hydrogen-bond acceptors (Lipinski definition) is 6. The largest absolute Gasteiger partial charge is 0.480 e. The van der Waals surface area contributed by atoms with Gasteiger partial charge in [-0.3, -0.25) is 19.2 Å². The van der Waals surface area contributed by atoms with E-state index in [4.69, 9.17) is 10.2 Å². The van der Waals surface area contributed by atoms with Crippen LogP contribution in [-0.2, 0) is 19.2 Å². The van der Waals surface area contributed by atoms with Crippen LogP contribution in [0.4, 0.5) is 0 Å². The summed E-state index contributed by atoms with van der Waals surface area (Å²) in [6.45, 7) is 0.169. The maximum atomic E-state index is 11.4. The SMILES string of the molecule is O=C(O)CNCCC(=O)CCC(=O)CCNCC(=O)O. The van der Waals surface area contributed by atoms with E-state index in [1.165, 1.54) is 0 Å². The zero-order valence-corrected chi connectivity index (χ0v) is 11.2. The van der Waals surface area contributed by atoms with Gasteiger partial charge in [0.25, 0.3) is 0 Å². The lowest BCUT2D eigenvalue weighted by Crippen LogP contribution is -2.26. The summed E-state index contributed by atoms with van der Waals surface area (Å²) in [5, 5.41) is 21.9. The molecule has 0 saturated carbocycles. The molecule has 4 N–H and O–H groups in total. The average Bonchev–Trinajstić information content (AvgIpc) is 2.37. The van der Waals surface area contributed by atoms with Crippen molar-refractivity contribution in [2.45, 2.75) is 25.7 Å². The molecule has 0 aliphatic rings. The van der Waals surface area contributed by atoms with Gasteiger partial charge >= 0.3 is 11.9 Å². The van der Waals surface area contributed by atoms with Gasteiger partial charge in [-0.1, -0.05) is 0 Å². The number of carbonyl (C=O) groups excluding carboxylic acids is 2. The Morgan fingerprint density at radius 1 is 0.650 bits per heavy atom. The van der Waals surface area contributed by atoms with Crippen LogP contribution in [0.25, 0.3) is 0 Å². The Labute approximate surface area is 116 Å². The molecule has 0 atom stereocenters. The van der Waals surface area contributed by atoms with Gasteiger partial charge in [0.15, 0.2) is 0 Å². The lowest BCUT2D eigenvalue weighted by Gasteiger charge is -2.03. The Bertz CT molecular complexity index is 322. The maximum Gasteiger partial charge on any atom is 0.317 e. The van der Waals surface area contributed by atoms with Gasteiger partial charge in [0.2, 0.25) is 0 Å². The molecule has 0 aromatic heterocycles. The van der Waals surface area contributed by atoms with Gasteiger partial charge < -0.3 is 20.8 Å². The molecule has 0 rings (SSSR count). The first-order chi connectivity index (χ1) is 9.41. The van der Waals surface area contributed by atoms with Crippen molar-refractivity contribution in [2.24, 2.45) is 0 Å². The van der Waals surface area contributed by atoms with Crippen molar-refractivity contribution in [1.29, 1.82) is 0 Å². The normalized spacial score (nSPS) is 10.2. The van der Waals surface area contributed by atoms with Crippen LogP contribution in [0.2, 0.25) is 0 Å². The maximum absolute atomic E-state index is 11.4. The number of aliphatic carboxylic acids is 2. The predicted molar refractivity (Wildman–Crippen MR) is 69.5 cm³/mol. The summed E-state index contributed by atoms with van der Waals surface area (Å²) in [6, 6.07) is 0.